The lowest BCUT2D eigenvalue weighted by atomic mass is 10.1. The highest BCUT2D eigenvalue weighted by Crippen LogP contribution is 2.27. The number of hydrogen-bond acceptors (Lipinski definition) is 5. The third-order valence-electron chi connectivity index (χ3n) is 4.10. The maximum atomic E-state index is 12.4. The Hall–Kier alpha value is -3.22. The van der Waals surface area contributed by atoms with Crippen molar-refractivity contribution in [2.45, 2.75) is 13.3 Å². The monoisotopic (exact) mass is 386 g/mol. The van der Waals surface area contributed by atoms with Gasteiger partial charge >= 0.3 is 0 Å². The lowest BCUT2D eigenvalue weighted by Crippen LogP contribution is -2.37. The van der Waals surface area contributed by atoms with Crippen LogP contribution in [0.15, 0.2) is 42.5 Å². The maximum absolute atomic E-state index is 12.4. The van der Waals surface area contributed by atoms with E-state index >= 15 is 0 Å². The summed E-state index contributed by atoms with van der Waals surface area (Å²) in [7, 11) is 2.98. The van der Waals surface area contributed by atoms with E-state index in [1.165, 1.54) is 14.2 Å². The van der Waals surface area contributed by atoms with E-state index < -0.39 is 0 Å². The third-order valence-corrected chi connectivity index (χ3v) is 4.10. The molecule has 0 unspecified atom stereocenters. The van der Waals surface area contributed by atoms with E-state index in [0.717, 1.165) is 12.0 Å². The topological polar surface area (TPSA) is 85.9 Å². The predicted octanol–water partition coefficient (Wildman–Crippen LogP) is 2.19. The minimum absolute atomic E-state index is 0.0781. The third kappa shape index (κ3) is 5.64. The predicted molar refractivity (Wildman–Crippen MR) is 106 cm³/mol. The average molecular weight is 386 g/mol. The molecule has 2 N–H and O–H groups in total. The Morgan fingerprint density at radius 2 is 1.46 bits per heavy atom. The molecule has 0 heterocycles. The van der Waals surface area contributed by atoms with Crippen LogP contribution in [0.1, 0.15) is 22.8 Å². The largest absolute Gasteiger partial charge is 0.496 e. The summed E-state index contributed by atoms with van der Waals surface area (Å²) in [4.78, 5) is 24.4. The van der Waals surface area contributed by atoms with Crippen molar-refractivity contribution in [1.29, 1.82) is 0 Å². The second-order valence-corrected chi connectivity index (χ2v) is 5.89. The summed E-state index contributed by atoms with van der Waals surface area (Å²) in [6, 6.07) is 12.7. The number of amides is 2. The number of methoxy groups -OCH3 is 2. The molecule has 0 fully saturated rings. The van der Waals surface area contributed by atoms with E-state index in [9.17, 15) is 9.59 Å². The van der Waals surface area contributed by atoms with E-state index in [0.29, 0.717) is 22.8 Å². The van der Waals surface area contributed by atoms with E-state index in [4.69, 9.17) is 14.2 Å². The van der Waals surface area contributed by atoms with Crippen LogP contribution in [-0.4, -0.2) is 45.7 Å². The molecule has 0 saturated heterocycles. The fourth-order valence-corrected chi connectivity index (χ4v) is 2.67. The summed E-state index contributed by atoms with van der Waals surface area (Å²) in [5.74, 6) is 0.955. The summed E-state index contributed by atoms with van der Waals surface area (Å²) in [6.45, 7) is 2.49. The summed E-state index contributed by atoms with van der Waals surface area (Å²) >= 11 is 0. The molecule has 2 amide bonds. The molecule has 0 bridgehead atoms. The van der Waals surface area contributed by atoms with Crippen LogP contribution in [0.25, 0.3) is 0 Å². The minimum Gasteiger partial charge on any atom is -0.496 e. The van der Waals surface area contributed by atoms with Gasteiger partial charge in [0.25, 0.3) is 11.8 Å². The molecule has 0 aliphatic carbocycles. The quantitative estimate of drug-likeness (QED) is 0.612. The van der Waals surface area contributed by atoms with Crippen molar-refractivity contribution in [3.63, 3.8) is 0 Å². The van der Waals surface area contributed by atoms with E-state index in [2.05, 4.69) is 10.6 Å². The first-order chi connectivity index (χ1) is 13.6. The van der Waals surface area contributed by atoms with Crippen molar-refractivity contribution in [1.82, 2.24) is 10.6 Å². The molecule has 28 heavy (non-hydrogen) atoms. The molecular weight excluding hydrogens is 360 g/mol. The molecule has 2 rings (SSSR count). The maximum Gasteiger partial charge on any atom is 0.258 e. The smallest absolute Gasteiger partial charge is 0.258 e. The first kappa shape index (κ1) is 21.1. The van der Waals surface area contributed by atoms with Crippen LogP contribution in [-0.2, 0) is 11.2 Å². The normalized spacial score (nSPS) is 10.1. The van der Waals surface area contributed by atoms with Crippen molar-refractivity contribution < 1.29 is 23.8 Å². The van der Waals surface area contributed by atoms with Gasteiger partial charge in [-0.25, -0.2) is 0 Å². The minimum atomic E-state index is -0.336. The van der Waals surface area contributed by atoms with Crippen molar-refractivity contribution in [3.05, 3.63) is 53.6 Å². The molecule has 0 radical (unpaired) electrons. The van der Waals surface area contributed by atoms with Crippen LogP contribution in [0.5, 0.6) is 17.2 Å². The van der Waals surface area contributed by atoms with Gasteiger partial charge in [-0.05, 0) is 30.2 Å². The molecule has 0 spiro atoms. The van der Waals surface area contributed by atoms with Crippen molar-refractivity contribution in [3.8, 4) is 17.2 Å². The number of aryl methyl sites for hydroxylation is 1. The molecule has 150 valence electrons. The molecule has 2 aromatic rings. The number of benzene rings is 2. The Labute approximate surface area is 165 Å². The van der Waals surface area contributed by atoms with Gasteiger partial charge in [0.1, 0.15) is 22.8 Å². The zero-order valence-electron chi connectivity index (χ0n) is 16.4. The molecule has 0 aliphatic rings. The fourth-order valence-electron chi connectivity index (χ4n) is 2.67. The highest BCUT2D eigenvalue weighted by Gasteiger charge is 2.17. The number of hydrogen-bond donors (Lipinski definition) is 2. The zero-order chi connectivity index (χ0) is 20.4. The highest BCUT2D eigenvalue weighted by molar-refractivity contribution is 5.99. The number of rotatable bonds is 10. The van der Waals surface area contributed by atoms with Gasteiger partial charge < -0.3 is 24.8 Å². The Bertz CT molecular complexity index is 785. The first-order valence-electron chi connectivity index (χ1n) is 9.07. The van der Waals surface area contributed by atoms with Gasteiger partial charge in [0, 0.05) is 13.1 Å². The average Bonchev–Trinajstić information content (AvgIpc) is 2.74. The molecule has 0 aliphatic heterocycles. The second kappa shape index (κ2) is 10.8. The summed E-state index contributed by atoms with van der Waals surface area (Å²) in [5.41, 5.74) is 1.37. The Balaban J connectivity index is 1.78. The molecule has 2 aromatic carbocycles. The number of nitrogens with one attached hydrogen (secondary N) is 2. The Kier molecular flexibility index (Phi) is 8.14. The standard InChI is InChI=1S/C21H26N2O5/c1-4-15-8-5-6-9-16(15)28-14-19(24)22-12-13-23-21(25)20-17(26-2)10-7-11-18(20)27-3/h5-11H,4,12-14H2,1-3H3,(H,22,24)(H,23,25). The van der Waals surface area contributed by atoms with E-state index in [1.807, 2.05) is 31.2 Å². The lowest BCUT2D eigenvalue weighted by Gasteiger charge is -2.13. The van der Waals surface area contributed by atoms with E-state index in [1.54, 1.807) is 18.2 Å². The zero-order valence-corrected chi connectivity index (χ0v) is 16.4. The Morgan fingerprint density at radius 1 is 0.857 bits per heavy atom. The summed E-state index contributed by atoms with van der Waals surface area (Å²) in [6.07, 6.45) is 0.830. The summed E-state index contributed by atoms with van der Waals surface area (Å²) < 4.78 is 16.0. The number of carbonyl (C=O) groups is 2. The first-order valence-corrected chi connectivity index (χ1v) is 9.07. The molecule has 0 saturated carbocycles. The summed E-state index contributed by atoms with van der Waals surface area (Å²) in [5, 5.41) is 5.45. The highest BCUT2D eigenvalue weighted by atomic mass is 16.5. The Morgan fingerprint density at radius 3 is 2.11 bits per heavy atom. The molecule has 7 heteroatoms. The van der Waals surface area contributed by atoms with Crippen molar-refractivity contribution in [2.24, 2.45) is 0 Å². The molecule has 0 atom stereocenters. The van der Waals surface area contributed by atoms with Gasteiger partial charge in [-0.15, -0.1) is 0 Å². The van der Waals surface area contributed by atoms with Gasteiger partial charge in [-0.2, -0.15) is 0 Å². The van der Waals surface area contributed by atoms with Crippen molar-refractivity contribution in [2.75, 3.05) is 33.9 Å². The molecular formula is C21H26N2O5. The van der Waals surface area contributed by atoms with Crippen LogP contribution in [0, 0.1) is 0 Å². The van der Waals surface area contributed by atoms with Gasteiger partial charge in [0.05, 0.1) is 14.2 Å². The number of ether oxygens (including phenoxy) is 3. The van der Waals surface area contributed by atoms with Gasteiger partial charge in [0.2, 0.25) is 0 Å². The van der Waals surface area contributed by atoms with Crippen molar-refractivity contribution >= 4 is 11.8 Å². The van der Waals surface area contributed by atoms with Gasteiger partial charge in [0.15, 0.2) is 6.61 Å². The number of para-hydroxylation sites is 1. The van der Waals surface area contributed by atoms with Crippen LogP contribution >= 0.6 is 0 Å². The van der Waals surface area contributed by atoms with Crippen LogP contribution in [0.4, 0.5) is 0 Å². The van der Waals surface area contributed by atoms with Crippen LogP contribution in [0.2, 0.25) is 0 Å². The lowest BCUT2D eigenvalue weighted by molar-refractivity contribution is -0.123. The van der Waals surface area contributed by atoms with Crippen LogP contribution in [0.3, 0.4) is 0 Å². The van der Waals surface area contributed by atoms with Gasteiger partial charge in [-0.1, -0.05) is 31.2 Å². The number of carbonyl (C=O) groups excluding carboxylic acids is 2. The van der Waals surface area contributed by atoms with Gasteiger partial charge in [-0.3, -0.25) is 9.59 Å². The second-order valence-electron chi connectivity index (χ2n) is 5.89. The van der Waals surface area contributed by atoms with Crippen LogP contribution < -0.4 is 24.8 Å². The molecule has 7 nitrogen and oxygen atoms in total. The SMILES string of the molecule is CCc1ccccc1OCC(=O)NCCNC(=O)c1c(OC)cccc1OC. The molecule has 0 aromatic heterocycles. The van der Waals surface area contributed by atoms with E-state index in [-0.39, 0.29) is 31.5 Å². The fraction of sp³-hybridized carbons (Fsp3) is 0.333.